The van der Waals surface area contributed by atoms with E-state index in [0.717, 1.165) is 19.4 Å². The number of carbonyl (C=O) groups is 1. The van der Waals surface area contributed by atoms with Gasteiger partial charge in [-0.25, -0.2) is 13.6 Å². The number of sulfonamides is 1. The van der Waals surface area contributed by atoms with Gasteiger partial charge in [-0.2, -0.15) is 0 Å². The number of likely N-dealkylation sites (N-methyl/N-ethyl adjacent to an activating group) is 1. The lowest BCUT2D eigenvalue weighted by Crippen LogP contribution is -2.38. The molecule has 3 rings (SSSR count). The highest BCUT2D eigenvalue weighted by Gasteiger charge is 2.29. The summed E-state index contributed by atoms with van der Waals surface area (Å²) in [7, 11) is -1.85. The Morgan fingerprint density at radius 3 is 2.83 bits per heavy atom. The molecule has 3 N–H and O–H groups in total. The van der Waals surface area contributed by atoms with E-state index in [2.05, 4.69) is 10.2 Å². The predicted octanol–water partition coefficient (Wildman–Crippen LogP) is 0.481. The van der Waals surface area contributed by atoms with Crippen LogP contribution in [0, 0.1) is 0 Å². The van der Waals surface area contributed by atoms with Crippen molar-refractivity contribution in [3.05, 3.63) is 23.3 Å². The van der Waals surface area contributed by atoms with E-state index in [4.69, 9.17) is 9.88 Å². The summed E-state index contributed by atoms with van der Waals surface area (Å²) in [5.74, 6) is 0.137. The van der Waals surface area contributed by atoms with Gasteiger partial charge in [0.05, 0.1) is 10.5 Å². The van der Waals surface area contributed by atoms with Crippen molar-refractivity contribution in [2.45, 2.75) is 43.2 Å². The molecule has 1 amide bonds. The number of nitrogens with zero attached hydrogens (tertiary/aromatic N) is 1. The number of fused-ring (bicyclic) bond motifs is 1. The van der Waals surface area contributed by atoms with Crippen LogP contribution < -0.4 is 15.2 Å². The van der Waals surface area contributed by atoms with E-state index >= 15 is 0 Å². The lowest BCUT2D eigenvalue weighted by Gasteiger charge is -2.20. The molecule has 0 spiro atoms. The molecule has 1 fully saturated rings. The number of likely N-dealkylation sites (tertiary alicyclic amines) is 1. The van der Waals surface area contributed by atoms with Crippen molar-refractivity contribution < 1.29 is 17.9 Å². The monoisotopic (exact) mass is 353 g/mol. The van der Waals surface area contributed by atoms with Crippen LogP contribution in [-0.2, 0) is 16.4 Å². The van der Waals surface area contributed by atoms with Gasteiger partial charge >= 0.3 is 0 Å². The van der Waals surface area contributed by atoms with Crippen LogP contribution in [0.15, 0.2) is 17.0 Å². The highest BCUT2D eigenvalue weighted by molar-refractivity contribution is 7.89. The number of benzene rings is 1. The van der Waals surface area contributed by atoms with E-state index < -0.39 is 10.0 Å². The van der Waals surface area contributed by atoms with E-state index in [9.17, 15) is 13.2 Å². The fourth-order valence-corrected chi connectivity index (χ4v) is 3.97. The van der Waals surface area contributed by atoms with E-state index in [-0.39, 0.29) is 22.5 Å². The summed E-state index contributed by atoms with van der Waals surface area (Å²) < 4.78 is 29.1. The maximum absolute atomic E-state index is 12.6. The molecule has 7 nitrogen and oxygen atoms in total. The first-order chi connectivity index (χ1) is 11.3. The summed E-state index contributed by atoms with van der Waals surface area (Å²) in [5, 5.41) is 8.14. The Hall–Kier alpha value is -1.64. The van der Waals surface area contributed by atoms with Gasteiger partial charge in [0.25, 0.3) is 5.91 Å². The fourth-order valence-electron chi connectivity index (χ4n) is 3.38. The highest BCUT2D eigenvalue weighted by Crippen LogP contribution is 2.34. The van der Waals surface area contributed by atoms with Crippen molar-refractivity contribution in [2.24, 2.45) is 5.14 Å². The van der Waals surface area contributed by atoms with Gasteiger partial charge in [0.2, 0.25) is 10.0 Å². The average Bonchev–Trinajstić information content (AvgIpc) is 3.07. The van der Waals surface area contributed by atoms with Crippen molar-refractivity contribution in [3.8, 4) is 5.75 Å². The van der Waals surface area contributed by atoms with Gasteiger partial charge in [0.1, 0.15) is 11.9 Å². The number of hydrogen-bond donors (Lipinski definition) is 2. The molecule has 0 saturated carbocycles. The maximum Gasteiger partial charge on any atom is 0.255 e. The largest absolute Gasteiger partial charge is 0.489 e. The summed E-state index contributed by atoms with van der Waals surface area (Å²) in [5.41, 5.74) is 0.943. The molecule has 0 aliphatic carbocycles. The Morgan fingerprint density at radius 1 is 1.46 bits per heavy atom. The third-order valence-electron chi connectivity index (χ3n) is 4.71. The SMILES string of the molecule is CC1Cc2cc(S(N)(=O)=O)cc(C(=O)NCC3CCCN3C)c2O1. The second-order valence-electron chi connectivity index (χ2n) is 6.62. The second-order valence-corrected chi connectivity index (χ2v) is 8.18. The van der Waals surface area contributed by atoms with Crippen molar-refractivity contribution in [3.63, 3.8) is 0 Å². The molecule has 1 aromatic carbocycles. The smallest absolute Gasteiger partial charge is 0.255 e. The number of hydrogen-bond acceptors (Lipinski definition) is 5. The van der Waals surface area contributed by atoms with E-state index in [0.29, 0.717) is 30.3 Å². The van der Waals surface area contributed by atoms with Crippen LogP contribution in [-0.4, -0.2) is 51.5 Å². The van der Waals surface area contributed by atoms with Crippen LogP contribution in [0.5, 0.6) is 5.75 Å². The molecule has 2 aliphatic rings. The molecular weight excluding hydrogens is 330 g/mol. The standard InChI is InChI=1S/C16H23N3O4S/c1-10-6-11-7-13(24(17,21)22)8-14(15(11)23-10)16(20)18-9-12-4-3-5-19(12)2/h7-8,10,12H,3-6,9H2,1-2H3,(H,18,20)(H2,17,21,22). The number of ether oxygens (including phenoxy) is 1. The van der Waals surface area contributed by atoms with Gasteiger partial charge in [-0.3, -0.25) is 4.79 Å². The Labute approximate surface area is 142 Å². The van der Waals surface area contributed by atoms with Gasteiger partial charge in [0.15, 0.2) is 0 Å². The minimum absolute atomic E-state index is 0.0536. The zero-order valence-electron chi connectivity index (χ0n) is 13.9. The average molecular weight is 353 g/mol. The maximum atomic E-state index is 12.6. The molecule has 2 atom stereocenters. The third-order valence-corrected chi connectivity index (χ3v) is 5.60. The summed E-state index contributed by atoms with van der Waals surface area (Å²) in [6.07, 6.45) is 2.63. The number of carbonyl (C=O) groups excluding carboxylic acids is 1. The van der Waals surface area contributed by atoms with E-state index in [1.807, 2.05) is 14.0 Å². The molecule has 0 radical (unpaired) electrons. The fraction of sp³-hybridized carbons (Fsp3) is 0.562. The molecule has 1 saturated heterocycles. The Balaban J connectivity index is 1.86. The van der Waals surface area contributed by atoms with Gasteiger partial charge < -0.3 is 15.0 Å². The topological polar surface area (TPSA) is 102 Å². The van der Waals surface area contributed by atoms with Crippen LogP contribution >= 0.6 is 0 Å². The first-order valence-corrected chi connectivity index (χ1v) is 9.65. The summed E-state index contributed by atoms with van der Waals surface area (Å²) in [6, 6.07) is 3.11. The number of primary sulfonamides is 1. The normalized spacial score (nSPS) is 23.8. The number of amides is 1. The zero-order chi connectivity index (χ0) is 17.5. The van der Waals surface area contributed by atoms with Crippen LogP contribution in [0.25, 0.3) is 0 Å². The molecule has 2 heterocycles. The number of rotatable bonds is 4. The predicted molar refractivity (Wildman–Crippen MR) is 89.6 cm³/mol. The molecule has 0 bridgehead atoms. The molecule has 0 aromatic heterocycles. The van der Waals surface area contributed by atoms with Crippen molar-refractivity contribution in [1.29, 1.82) is 0 Å². The summed E-state index contributed by atoms with van der Waals surface area (Å²) >= 11 is 0. The van der Waals surface area contributed by atoms with Crippen LogP contribution in [0.4, 0.5) is 0 Å². The van der Waals surface area contributed by atoms with Crippen LogP contribution in [0.2, 0.25) is 0 Å². The van der Waals surface area contributed by atoms with E-state index in [1.165, 1.54) is 12.1 Å². The zero-order valence-corrected chi connectivity index (χ0v) is 14.7. The lowest BCUT2D eigenvalue weighted by atomic mass is 10.1. The first-order valence-electron chi connectivity index (χ1n) is 8.10. The molecule has 132 valence electrons. The number of nitrogens with one attached hydrogen (secondary N) is 1. The van der Waals surface area contributed by atoms with Gasteiger partial charge in [0, 0.05) is 19.0 Å². The Kier molecular flexibility index (Phi) is 4.54. The molecule has 8 heteroatoms. The summed E-state index contributed by atoms with van der Waals surface area (Å²) in [6.45, 7) is 3.43. The third kappa shape index (κ3) is 3.40. The highest BCUT2D eigenvalue weighted by atomic mass is 32.2. The van der Waals surface area contributed by atoms with Crippen LogP contribution in [0.3, 0.4) is 0 Å². The first kappa shape index (κ1) is 17.2. The van der Waals surface area contributed by atoms with Crippen molar-refractivity contribution >= 4 is 15.9 Å². The number of nitrogens with two attached hydrogens (primary N) is 1. The molecule has 2 aliphatic heterocycles. The lowest BCUT2D eigenvalue weighted by molar-refractivity contribution is 0.0939. The molecule has 2 unspecified atom stereocenters. The molecule has 24 heavy (non-hydrogen) atoms. The van der Waals surface area contributed by atoms with Gasteiger partial charge in [-0.15, -0.1) is 0 Å². The minimum atomic E-state index is -3.88. The molecule has 1 aromatic rings. The molecular formula is C16H23N3O4S. The van der Waals surface area contributed by atoms with Gasteiger partial charge in [-0.1, -0.05) is 0 Å². The minimum Gasteiger partial charge on any atom is -0.489 e. The Bertz CT molecular complexity index is 763. The second kappa shape index (κ2) is 6.34. The van der Waals surface area contributed by atoms with Gasteiger partial charge in [-0.05, 0) is 51.1 Å². The van der Waals surface area contributed by atoms with Crippen molar-refractivity contribution in [2.75, 3.05) is 20.1 Å². The summed E-state index contributed by atoms with van der Waals surface area (Å²) in [4.78, 5) is 14.8. The quantitative estimate of drug-likeness (QED) is 0.820. The van der Waals surface area contributed by atoms with Crippen molar-refractivity contribution in [1.82, 2.24) is 10.2 Å². The Morgan fingerprint density at radius 2 is 2.21 bits per heavy atom. The van der Waals surface area contributed by atoms with Crippen LogP contribution in [0.1, 0.15) is 35.7 Å². The van der Waals surface area contributed by atoms with E-state index in [1.54, 1.807) is 0 Å².